The van der Waals surface area contributed by atoms with E-state index < -0.39 is 0 Å². The summed E-state index contributed by atoms with van der Waals surface area (Å²) in [4.78, 5) is 13.3. The summed E-state index contributed by atoms with van der Waals surface area (Å²) in [6, 6.07) is 7.10. The molecule has 1 unspecified atom stereocenters. The van der Waals surface area contributed by atoms with Gasteiger partial charge in [0, 0.05) is 10.6 Å². The molecule has 2 aromatic rings. The number of hydrogen-bond acceptors (Lipinski definition) is 5. The molecule has 3 rings (SSSR count). The molecule has 0 saturated carbocycles. The van der Waals surface area contributed by atoms with Gasteiger partial charge < -0.3 is 4.74 Å². The van der Waals surface area contributed by atoms with Crippen LogP contribution in [0.3, 0.4) is 0 Å². The summed E-state index contributed by atoms with van der Waals surface area (Å²) in [6.45, 7) is 0. The fraction of sp³-hybridized carbons (Fsp3) is 0.200. The maximum Gasteiger partial charge on any atom is 0.334 e. The van der Waals surface area contributed by atoms with Crippen molar-refractivity contribution in [2.24, 2.45) is 0 Å². The number of aromatic nitrogens is 4. The van der Waals surface area contributed by atoms with Crippen molar-refractivity contribution in [3.05, 3.63) is 58.9 Å². The zero-order valence-corrected chi connectivity index (χ0v) is 12.6. The number of allylic oxidation sites excluding steroid dienone is 3. The standard InChI is InChI=1S/C15H13ClN4O2/c1-22-15(21)13-5-3-2-4-12(13)14-17-19-20(18-14)11-8-6-10(16)7-9-11/h2-3,5-9,12H,4H2,1H3. The van der Waals surface area contributed by atoms with Gasteiger partial charge in [-0.05, 0) is 35.9 Å². The molecule has 1 aliphatic rings. The minimum Gasteiger partial charge on any atom is -0.466 e. The Bertz CT molecular complexity index is 749. The van der Waals surface area contributed by atoms with E-state index in [9.17, 15) is 4.79 Å². The second-order valence-electron chi connectivity index (χ2n) is 4.74. The molecule has 7 heteroatoms. The Morgan fingerprint density at radius 2 is 2.14 bits per heavy atom. The van der Waals surface area contributed by atoms with Crippen LogP contribution in [0.4, 0.5) is 0 Å². The third-order valence-corrected chi connectivity index (χ3v) is 3.63. The molecule has 1 atom stereocenters. The molecule has 1 aromatic carbocycles. The van der Waals surface area contributed by atoms with Crippen LogP contribution in [0, 0.1) is 0 Å². The van der Waals surface area contributed by atoms with Crippen LogP contribution in [-0.2, 0) is 9.53 Å². The second kappa shape index (κ2) is 6.11. The third kappa shape index (κ3) is 2.78. The van der Waals surface area contributed by atoms with Crippen LogP contribution in [0.25, 0.3) is 5.69 Å². The topological polar surface area (TPSA) is 69.9 Å². The number of methoxy groups -OCH3 is 1. The number of ether oxygens (including phenoxy) is 1. The van der Waals surface area contributed by atoms with Crippen LogP contribution in [-0.4, -0.2) is 33.3 Å². The second-order valence-corrected chi connectivity index (χ2v) is 5.18. The van der Waals surface area contributed by atoms with Gasteiger partial charge in [0.25, 0.3) is 0 Å². The van der Waals surface area contributed by atoms with E-state index >= 15 is 0 Å². The molecule has 0 saturated heterocycles. The van der Waals surface area contributed by atoms with E-state index in [-0.39, 0.29) is 11.9 Å². The quantitative estimate of drug-likeness (QED) is 0.813. The van der Waals surface area contributed by atoms with Crippen molar-refractivity contribution >= 4 is 17.6 Å². The molecular formula is C15H13ClN4O2. The Labute approximate surface area is 132 Å². The summed E-state index contributed by atoms with van der Waals surface area (Å²) in [5.74, 6) is -0.147. The van der Waals surface area contributed by atoms with E-state index in [2.05, 4.69) is 15.4 Å². The average Bonchev–Trinajstić information content (AvgIpc) is 3.04. The molecule has 1 aromatic heterocycles. The molecule has 0 radical (unpaired) electrons. The Morgan fingerprint density at radius 3 is 2.86 bits per heavy atom. The van der Waals surface area contributed by atoms with Crippen LogP contribution in [0.15, 0.2) is 48.1 Å². The van der Waals surface area contributed by atoms with E-state index in [4.69, 9.17) is 16.3 Å². The summed E-state index contributed by atoms with van der Waals surface area (Å²) in [7, 11) is 1.36. The van der Waals surface area contributed by atoms with Crippen molar-refractivity contribution in [2.45, 2.75) is 12.3 Å². The number of hydrogen-bond donors (Lipinski definition) is 0. The Balaban J connectivity index is 1.90. The molecule has 6 nitrogen and oxygen atoms in total. The Hall–Kier alpha value is -2.47. The monoisotopic (exact) mass is 316 g/mol. The van der Waals surface area contributed by atoms with Gasteiger partial charge >= 0.3 is 5.97 Å². The molecule has 0 spiro atoms. The Morgan fingerprint density at radius 1 is 1.36 bits per heavy atom. The summed E-state index contributed by atoms with van der Waals surface area (Å²) >= 11 is 5.86. The average molecular weight is 317 g/mol. The number of esters is 1. The smallest absolute Gasteiger partial charge is 0.334 e. The summed E-state index contributed by atoms with van der Waals surface area (Å²) in [5.41, 5.74) is 1.28. The van der Waals surface area contributed by atoms with Crippen molar-refractivity contribution < 1.29 is 9.53 Å². The van der Waals surface area contributed by atoms with Crippen molar-refractivity contribution in [1.82, 2.24) is 20.2 Å². The highest BCUT2D eigenvalue weighted by Gasteiger charge is 2.27. The number of carbonyl (C=O) groups excluding carboxylic acids is 1. The lowest BCUT2D eigenvalue weighted by atomic mass is 9.91. The number of tetrazole rings is 1. The van der Waals surface area contributed by atoms with Crippen molar-refractivity contribution in [1.29, 1.82) is 0 Å². The van der Waals surface area contributed by atoms with Gasteiger partial charge in [0.05, 0.1) is 18.7 Å². The van der Waals surface area contributed by atoms with Crippen molar-refractivity contribution in [3.63, 3.8) is 0 Å². The van der Waals surface area contributed by atoms with Crippen LogP contribution in [0.5, 0.6) is 0 Å². The largest absolute Gasteiger partial charge is 0.466 e. The maximum absolute atomic E-state index is 11.8. The molecular weight excluding hydrogens is 304 g/mol. The Kier molecular flexibility index (Phi) is 4.02. The van der Waals surface area contributed by atoms with Gasteiger partial charge in [0.15, 0.2) is 5.82 Å². The number of benzene rings is 1. The molecule has 1 heterocycles. The van der Waals surface area contributed by atoms with Gasteiger partial charge in [0.2, 0.25) is 0 Å². The normalized spacial score (nSPS) is 17.2. The van der Waals surface area contributed by atoms with Gasteiger partial charge in [-0.15, -0.1) is 15.0 Å². The lowest BCUT2D eigenvalue weighted by Crippen LogP contribution is -2.16. The first kappa shape index (κ1) is 14.5. The van der Waals surface area contributed by atoms with Gasteiger partial charge in [0.1, 0.15) is 0 Å². The van der Waals surface area contributed by atoms with Crippen LogP contribution in [0.2, 0.25) is 5.02 Å². The van der Waals surface area contributed by atoms with E-state index in [0.717, 1.165) is 5.69 Å². The van der Waals surface area contributed by atoms with Gasteiger partial charge in [-0.2, -0.15) is 0 Å². The summed E-state index contributed by atoms with van der Waals surface area (Å²) < 4.78 is 4.81. The molecule has 0 aliphatic heterocycles. The molecule has 112 valence electrons. The van der Waals surface area contributed by atoms with Gasteiger partial charge in [-0.25, -0.2) is 4.79 Å². The fourth-order valence-corrected chi connectivity index (χ4v) is 2.38. The number of carbonyl (C=O) groups is 1. The predicted molar refractivity (Wildman–Crippen MR) is 80.8 cm³/mol. The summed E-state index contributed by atoms with van der Waals surface area (Å²) in [6.07, 6.45) is 6.14. The SMILES string of the molecule is COC(=O)C1=CC=CCC1c1nnn(-c2ccc(Cl)cc2)n1. The third-order valence-electron chi connectivity index (χ3n) is 3.38. The van der Waals surface area contributed by atoms with Gasteiger partial charge in [-0.1, -0.05) is 29.8 Å². The number of nitrogens with zero attached hydrogens (tertiary/aromatic N) is 4. The first-order chi connectivity index (χ1) is 10.7. The van der Waals surface area contributed by atoms with Crippen LogP contribution >= 0.6 is 11.6 Å². The van der Waals surface area contributed by atoms with E-state index in [1.54, 1.807) is 30.3 Å². The van der Waals surface area contributed by atoms with E-state index in [1.807, 2.05) is 12.2 Å². The first-order valence-electron chi connectivity index (χ1n) is 6.70. The molecule has 1 aliphatic carbocycles. The number of rotatable bonds is 3. The van der Waals surface area contributed by atoms with Gasteiger partial charge in [-0.3, -0.25) is 0 Å². The van der Waals surface area contributed by atoms with Crippen molar-refractivity contribution in [2.75, 3.05) is 7.11 Å². The highest BCUT2D eigenvalue weighted by atomic mass is 35.5. The maximum atomic E-state index is 11.8. The van der Waals surface area contributed by atoms with Crippen LogP contribution < -0.4 is 0 Å². The minimum absolute atomic E-state index is 0.251. The fourth-order valence-electron chi connectivity index (χ4n) is 2.25. The van der Waals surface area contributed by atoms with E-state index in [1.165, 1.54) is 11.9 Å². The summed E-state index contributed by atoms with van der Waals surface area (Å²) in [5, 5.41) is 13.1. The van der Waals surface area contributed by atoms with Crippen LogP contribution in [0.1, 0.15) is 18.2 Å². The molecule has 0 amide bonds. The minimum atomic E-state index is -0.378. The highest BCUT2D eigenvalue weighted by Crippen LogP contribution is 2.29. The lowest BCUT2D eigenvalue weighted by Gasteiger charge is -2.15. The number of halogens is 1. The molecule has 0 bridgehead atoms. The van der Waals surface area contributed by atoms with E-state index in [0.29, 0.717) is 22.8 Å². The first-order valence-corrected chi connectivity index (χ1v) is 7.07. The molecule has 22 heavy (non-hydrogen) atoms. The predicted octanol–water partition coefficient (Wildman–Crippen LogP) is 2.46. The molecule has 0 fully saturated rings. The lowest BCUT2D eigenvalue weighted by molar-refractivity contribution is -0.136. The molecule has 0 N–H and O–H groups in total. The van der Waals surface area contributed by atoms with Crippen molar-refractivity contribution in [3.8, 4) is 5.69 Å². The highest BCUT2D eigenvalue weighted by molar-refractivity contribution is 6.30. The zero-order valence-electron chi connectivity index (χ0n) is 11.8. The zero-order chi connectivity index (χ0) is 15.5.